The molecule has 2 atom stereocenters. The third-order valence-corrected chi connectivity index (χ3v) is 5.68. The molecule has 150 valence electrons. The number of nitrogens with zero attached hydrogens (tertiary/aromatic N) is 1. The van der Waals surface area contributed by atoms with Crippen molar-refractivity contribution in [1.29, 1.82) is 0 Å². The van der Waals surface area contributed by atoms with E-state index in [1.165, 1.54) is 0 Å². The van der Waals surface area contributed by atoms with Crippen LogP contribution in [0.3, 0.4) is 0 Å². The number of aliphatic hydroxyl groups excluding tert-OH is 1. The van der Waals surface area contributed by atoms with Crippen LogP contribution in [-0.2, 0) is 0 Å². The minimum absolute atomic E-state index is 0.309. The van der Waals surface area contributed by atoms with Crippen LogP contribution in [0.4, 0.5) is 16.2 Å². The zero-order chi connectivity index (χ0) is 20.8. The highest BCUT2D eigenvalue weighted by Gasteiger charge is 2.32. The van der Waals surface area contributed by atoms with E-state index in [1.807, 2.05) is 85.8 Å². The molecule has 2 unspecified atom stereocenters. The van der Waals surface area contributed by atoms with Crippen molar-refractivity contribution in [3.05, 3.63) is 93.4 Å². The first-order valence-corrected chi connectivity index (χ1v) is 10.9. The highest BCUT2D eigenvalue weighted by molar-refractivity contribution is 9.10. The summed E-state index contributed by atoms with van der Waals surface area (Å²) < 4.78 is 1.85. The lowest BCUT2D eigenvalue weighted by atomic mass is 9.97. The van der Waals surface area contributed by atoms with Gasteiger partial charge in [0.2, 0.25) is 0 Å². The normalized spacial score (nSPS) is 12.8. The fourth-order valence-corrected chi connectivity index (χ4v) is 3.67. The molecule has 3 aromatic carbocycles. The van der Waals surface area contributed by atoms with Gasteiger partial charge < -0.3 is 10.4 Å². The number of amides is 2. The molecule has 0 aliphatic carbocycles. The maximum absolute atomic E-state index is 13.4. The molecular formula is C23H22Br2N2O2. The summed E-state index contributed by atoms with van der Waals surface area (Å²) in [6, 6.07) is 23.7. The number of anilines is 2. The summed E-state index contributed by atoms with van der Waals surface area (Å²) in [7, 11) is 0. The second kappa shape index (κ2) is 10.1. The Morgan fingerprint density at radius 3 is 2.03 bits per heavy atom. The Morgan fingerprint density at radius 1 is 0.931 bits per heavy atom. The average Bonchev–Trinajstić information content (AvgIpc) is 2.74. The van der Waals surface area contributed by atoms with Gasteiger partial charge in [-0.15, -0.1) is 0 Å². The Bertz CT molecular complexity index is 931. The molecule has 0 aromatic heterocycles. The van der Waals surface area contributed by atoms with Gasteiger partial charge in [0, 0.05) is 20.3 Å². The van der Waals surface area contributed by atoms with Crippen LogP contribution < -0.4 is 10.2 Å². The van der Waals surface area contributed by atoms with Gasteiger partial charge in [-0.25, -0.2) is 4.79 Å². The maximum atomic E-state index is 13.4. The van der Waals surface area contributed by atoms with E-state index in [2.05, 4.69) is 37.2 Å². The maximum Gasteiger partial charge on any atom is 0.326 e. The van der Waals surface area contributed by atoms with E-state index >= 15 is 0 Å². The predicted molar refractivity (Wildman–Crippen MR) is 125 cm³/mol. The van der Waals surface area contributed by atoms with E-state index in [9.17, 15) is 9.90 Å². The van der Waals surface area contributed by atoms with Crippen LogP contribution in [0.15, 0.2) is 87.8 Å². The van der Waals surface area contributed by atoms with Gasteiger partial charge in [-0.05, 0) is 60.5 Å². The van der Waals surface area contributed by atoms with Crippen LogP contribution in [0, 0.1) is 0 Å². The molecule has 3 aromatic rings. The Morgan fingerprint density at radius 2 is 1.48 bits per heavy atom. The first-order valence-electron chi connectivity index (χ1n) is 9.34. The molecule has 0 saturated heterocycles. The van der Waals surface area contributed by atoms with Crippen LogP contribution in [0.1, 0.15) is 24.9 Å². The third kappa shape index (κ3) is 5.47. The summed E-state index contributed by atoms with van der Waals surface area (Å²) in [5, 5.41) is 13.8. The minimum atomic E-state index is -0.725. The smallest absolute Gasteiger partial charge is 0.326 e. The Hall–Kier alpha value is -2.15. The molecular weight excluding hydrogens is 496 g/mol. The third-order valence-electron chi connectivity index (χ3n) is 4.62. The zero-order valence-corrected chi connectivity index (χ0v) is 19.1. The molecule has 0 radical (unpaired) electrons. The molecule has 0 fully saturated rings. The van der Waals surface area contributed by atoms with Gasteiger partial charge in [0.15, 0.2) is 0 Å². The number of hydrogen-bond acceptors (Lipinski definition) is 2. The standard InChI is InChI=1S/C23H22Br2N2O2/c1-2-21(28)22(16-6-4-3-5-7-16)27(20-14-10-18(25)11-15-20)23(29)26-19-12-8-17(24)9-13-19/h3-15,21-22,28H,2H2,1H3,(H,26,29). The fraction of sp³-hybridized carbons (Fsp3) is 0.174. The minimum Gasteiger partial charge on any atom is -0.391 e. The van der Waals surface area contributed by atoms with E-state index in [-0.39, 0.29) is 6.03 Å². The van der Waals surface area contributed by atoms with Crippen molar-refractivity contribution in [3.8, 4) is 0 Å². The molecule has 0 heterocycles. The molecule has 2 amide bonds. The van der Waals surface area contributed by atoms with Crippen LogP contribution >= 0.6 is 31.9 Å². The molecule has 0 saturated carbocycles. The highest BCUT2D eigenvalue weighted by Crippen LogP contribution is 2.33. The number of hydrogen-bond donors (Lipinski definition) is 2. The van der Waals surface area contributed by atoms with Crippen molar-refractivity contribution in [3.63, 3.8) is 0 Å². The van der Waals surface area contributed by atoms with E-state index in [0.717, 1.165) is 14.5 Å². The van der Waals surface area contributed by atoms with Crippen LogP contribution in [0.5, 0.6) is 0 Å². The summed E-state index contributed by atoms with van der Waals surface area (Å²) in [6.45, 7) is 1.91. The number of halogens is 2. The van der Waals surface area contributed by atoms with Crippen molar-refractivity contribution in [1.82, 2.24) is 0 Å². The number of aliphatic hydroxyl groups is 1. The Balaban J connectivity index is 2.04. The molecule has 0 bridgehead atoms. The number of carbonyl (C=O) groups excluding carboxylic acids is 1. The van der Waals surface area contributed by atoms with E-state index in [1.54, 1.807) is 4.90 Å². The highest BCUT2D eigenvalue weighted by atomic mass is 79.9. The van der Waals surface area contributed by atoms with E-state index in [0.29, 0.717) is 17.8 Å². The Kier molecular flexibility index (Phi) is 7.47. The zero-order valence-electron chi connectivity index (χ0n) is 15.9. The number of rotatable bonds is 6. The average molecular weight is 518 g/mol. The monoisotopic (exact) mass is 516 g/mol. The van der Waals surface area contributed by atoms with Crippen molar-refractivity contribution >= 4 is 49.3 Å². The SMILES string of the molecule is CCC(O)C(c1ccccc1)N(C(=O)Nc1ccc(Br)cc1)c1ccc(Br)cc1. The largest absolute Gasteiger partial charge is 0.391 e. The number of urea groups is 1. The first-order chi connectivity index (χ1) is 14.0. The number of nitrogens with one attached hydrogen (secondary N) is 1. The van der Waals surface area contributed by atoms with Gasteiger partial charge in [0.25, 0.3) is 0 Å². The second-order valence-electron chi connectivity index (χ2n) is 6.61. The van der Waals surface area contributed by atoms with Crippen molar-refractivity contribution in [2.75, 3.05) is 10.2 Å². The summed E-state index contributed by atoms with van der Waals surface area (Å²) in [5.74, 6) is 0. The molecule has 0 aliphatic heterocycles. The molecule has 0 aliphatic rings. The van der Waals surface area contributed by atoms with Crippen molar-refractivity contribution < 1.29 is 9.90 Å². The van der Waals surface area contributed by atoms with Gasteiger partial charge in [-0.3, -0.25) is 4.90 Å². The van der Waals surface area contributed by atoms with Crippen molar-refractivity contribution in [2.45, 2.75) is 25.5 Å². The van der Waals surface area contributed by atoms with Gasteiger partial charge in [-0.2, -0.15) is 0 Å². The second-order valence-corrected chi connectivity index (χ2v) is 8.45. The molecule has 6 heteroatoms. The lowest BCUT2D eigenvalue weighted by molar-refractivity contribution is 0.137. The lowest BCUT2D eigenvalue weighted by Crippen LogP contribution is -2.43. The topological polar surface area (TPSA) is 52.6 Å². The van der Waals surface area contributed by atoms with Crippen LogP contribution in [-0.4, -0.2) is 17.2 Å². The predicted octanol–water partition coefficient (Wildman–Crippen LogP) is 6.76. The van der Waals surface area contributed by atoms with Gasteiger partial charge in [0.05, 0.1) is 12.1 Å². The fourth-order valence-electron chi connectivity index (χ4n) is 3.14. The van der Waals surface area contributed by atoms with Crippen LogP contribution in [0.25, 0.3) is 0 Å². The number of benzene rings is 3. The Labute approximate surface area is 187 Å². The van der Waals surface area contributed by atoms with Gasteiger partial charge in [-0.1, -0.05) is 69.1 Å². The molecule has 0 spiro atoms. The molecule has 2 N–H and O–H groups in total. The van der Waals surface area contributed by atoms with E-state index in [4.69, 9.17) is 0 Å². The van der Waals surface area contributed by atoms with E-state index < -0.39 is 12.1 Å². The quantitative estimate of drug-likeness (QED) is 0.379. The van der Waals surface area contributed by atoms with Gasteiger partial charge in [0.1, 0.15) is 0 Å². The van der Waals surface area contributed by atoms with Crippen LogP contribution in [0.2, 0.25) is 0 Å². The molecule has 29 heavy (non-hydrogen) atoms. The number of carbonyl (C=O) groups is 1. The van der Waals surface area contributed by atoms with Crippen molar-refractivity contribution in [2.24, 2.45) is 0 Å². The summed E-state index contributed by atoms with van der Waals surface area (Å²) in [5.41, 5.74) is 2.25. The van der Waals surface area contributed by atoms with Gasteiger partial charge >= 0.3 is 6.03 Å². The summed E-state index contributed by atoms with van der Waals surface area (Å²) >= 11 is 6.85. The first kappa shape index (κ1) is 21.6. The molecule has 4 nitrogen and oxygen atoms in total. The molecule has 3 rings (SSSR count). The summed E-state index contributed by atoms with van der Waals surface area (Å²) in [4.78, 5) is 15.0. The lowest BCUT2D eigenvalue weighted by Gasteiger charge is -2.35. The summed E-state index contributed by atoms with van der Waals surface area (Å²) in [6.07, 6.45) is -0.213.